The standard InChI is InChI=1S/C19H32N4O/c1-6-23(7-2)18(15-9-8-10-16(12-15)24-5)13-21-19(20-4)22-17-11-14(17)3/h8-10,12,14,17-18H,6-7,11,13H2,1-5H3,(H2,20,21,22). The first-order valence-corrected chi connectivity index (χ1v) is 8.98. The van der Waals surface area contributed by atoms with Gasteiger partial charge in [-0.05, 0) is 43.1 Å². The second-order valence-corrected chi connectivity index (χ2v) is 6.43. The van der Waals surface area contributed by atoms with E-state index >= 15 is 0 Å². The van der Waals surface area contributed by atoms with Gasteiger partial charge in [-0.1, -0.05) is 32.9 Å². The summed E-state index contributed by atoms with van der Waals surface area (Å²) in [6.45, 7) is 9.50. The lowest BCUT2D eigenvalue weighted by Gasteiger charge is -2.31. The summed E-state index contributed by atoms with van der Waals surface area (Å²) in [7, 11) is 3.55. The van der Waals surface area contributed by atoms with Crippen molar-refractivity contribution in [1.82, 2.24) is 15.5 Å². The zero-order valence-corrected chi connectivity index (χ0v) is 15.7. The highest BCUT2D eigenvalue weighted by molar-refractivity contribution is 5.80. The highest BCUT2D eigenvalue weighted by atomic mass is 16.5. The zero-order chi connectivity index (χ0) is 17.5. The van der Waals surface area contributed by atoms with Gasteiger partial charge in [-0.2, -0.15) is 0 Å². The van der Waals surface area contributed by atoms with Crippen LogP contribution in [0.5, 0.6) is 5.75 Å². The van der Waals surface area contributed by atoms with Gasteiger partial charge in [0, 0.05) is 19.6 Å². The van der Waals surface area contributed by atoms with Crippen LogP contribution in [0.25, 0.3) is 0 Å². The Balaban J connectivity index is 2.07. The zero-order valence-electron chi connectivity index (χ0n) is 15.7. The van der Waals surface area contributed by atoms with Gasteiger partial charge in [0.25, 0.3) is 0 Å². The van der Waals surface area contributed by atoms with E-state index in [9.17, 15) is 0 Å². The van der Waals surface area contributed by atoms with Crippen molar-refractivity contribution in [3.05, 3.63) is 29.8 Å². The minimum Gasteiger partial charge on any atom is -0.497 e. The molecule has 2 N–H and O–H groups in total. The Labute approximate surface area is 146 Å². The van der Waals surface area contributed by atoms with Gasteiger partial charge >= 0.3 is 0 Å². The molecule has 1 aromatic rings. The fraction of sp³-hybridized carbons (Fsp3) is 0.632. The number of hydrogen-bond acceptors (Lipinski definition) is 3. The molecule has 1 aromatic carbocycles. The lowest BCUT2D eigenvalue weighted by atomic mass is 10.0. The number of ether oxygens (including phenoxy) is 1. The van der Waals surface area contributed by atoms with Crippen LogP contribution in [0.1, 0.15) is 38.8 Å². The number of rotatable bonds is 8. The number of aliphatic imine (C=N–C) groups is 1. The molecule has 0 radical (unpaired) electrons. The Hall–Kier alpha value is -1.75. The quantitative estimate of drug-likeness (QED) is 0.568. The van der Waals surface area contributed by atoms with E-state index in [1.165, 1.54) is 12.0 Å². The van der Waals surface area contributed by atoms with Crippen molar-refractivity contribution < 1.29 is 4.74 Å². The third-order valence-corrected chi connectivity index (χ3v) is 4.85. The average Bonchev–Trinajstić information content (AvgIpc) is 3.32. The average molecular weight is 332 g/mol. The predicted octanol–water partition coefficient (Wildman–Crippen LogP) is 2.65. The van der Waals surface area contributed by atoms with Gasteiger partial charge in [0.1, 0.15) is 5.75 Å². The number of hydrogen-bond donors (Lipinski definition) is 2. The minimum absolute atomic E-state index is 0.283. The first-order valence-electron chi connectivity index (χ1n) is 8.98. The van der Waals surface area contributed by atoms with Crippen molar-refractivity contribution in [2.75, 3.05) is 33.8 Å². The van der Waals surface area contributed by atoms with Crippen molar-refractivity contribution in [1.29, 1.82) is 0 Å². The van der Waals surface area contributed by atoms with Crippen molar-refractivity contribution in [2.45, 2.75) is 39.3 Å². The summed E-state index contributed by atoms with van der Waals surface area (Å²) in [6.07, 6.45) is 1.23. The van der Waals surface area contributed by atoms with Crippen LogP contribution in [0.4, 0.5) is 0 Å². The SMILES string of the molecule is CCN(CC)C(CNC(=NC)NC1CC1C)c1cccc(OC)c1. The lowest BCUT2D eigenvalue weighted by Crippen LogP contribution is -2.44. The smallest absolute Gasteiger partial charge is 0.191 e. The third kappa shape index (κ3) is 4.87. The second kappa shape index (κ2) is 8.92. The maximum atomic E-state index is 5.40. The second-order valence-electron chi connectivity index (χ2n) is 6.43. The van der Waals surface area contributed by atoms with E-state index in [1.54, 1.807) is 7.11 Å². The lowest BCUT2D eigenvalue weighted by molar-refractivity contribution is 0.218. The summed E-state index contributed by atoms with van der Waals surface area (Å²) >= 11 is 0. The van der Waals surface area contributed by atoms with Gasteiger partial charge in [0.05, 0.1) is 13.2 Å². The van der Waals surface area contributed by atoms with Crippen LogP contribution in [-0.4, -0.2) is 50.7 Å². The Morgan fingerprint density at radius 2 is 2.08 bits per heavy atom. The van der Waals surface area contributed by atoms with E-state index in [2.05, 4.69) is 59.5 Å². The molecule has 1 aliphatic rings. The molecule has 1 aliphatic carbocycles. The van der Waals surface area contributed by atoms with Crippen LogP contribution >= 0.6 is 0 Å². The van der Waals surface area contributed by atoms with Crippen LogP contribution < -0.4 is 15.4 Å². The molecule has 5 nitrogen and oxygen atoms in total. The van der Waals surface area contributed by atoms with Gasteiger partial charge in [-0.3, -0.25) is 9.89 Å². The monoisotopic (exact) mass is 332 g/mol. The van der Waals surface area contributed by atoms with Crippen molar-refractivity contribution in [2.24, 2.45) is 10.9 Å². The minimum atomic E-state index is 0.283. The van der Waals surface area contributed by atoms with Crippen LogP contribution in [0.15, 0.2) is 29.3 Å². The molecule has 134 valence electrons. The molecule has 0 aromatic heterocycles. The molecule has 1 saturated carbocycles. The van der Waals surface area contributed by atoms with Crippen molar-refractivity contribution in [3.8, 4) is 5.75 Å². The van der Waals surface area contributed by atoms with Crippen molar-refractivity contribution in [3.63, 3.8) is 0 Å². The summed E-state index contributed by atoms with van der Waals surface area (Å²) in [5, 5.41) is 6.99. The van der Waals surface area contributed by atoms with E-state index in [4.69, 9.17) is 4.74 Å². The third-order valence-electron chi connectivity index (χ3n) is 4.85. The fourth-order valence-corrected chi connectivity index (χ4v) is 3.06. The molecule has 3 atom stereocenters. The molecule has 1 fully saturated rings. The summed E-state index contributed by atoms with van der Waals surface area (Å²) in [5.74, 6) is 2.55. The Morgan fingerprint density at radius 1 is 1.38 bits per heavy atom. The van der Waals surface area contributed by atoms with Crippen LogP contribution in [0.2, 0.25) is 0 Å². The molecular formula is C19H32N4O. The molecular weight excluding hydrogens is 300 g/mol. The molecule has 24 heavy (non-hydrogen) atoms. The van der Waals surface area contributed by atoms with Gasteiger partial charge < -0.3 is 15.4 Å². The molecule has 0 bridgehead atoms. The number of likely N-dealkylation sites (N-methyl/N-ethyl adjacent to an activating group) is 1. The first kappa shape index (κ1) is 18.6. The molecule has 0 saturated heterocycles. The molecule has 5 heteroatoms. The summed E-state index contributed by atoms with van der Waals surface area (Å²) in [5.41, 5.74) is 1.26. The predicted molar refractivity (Wildman–Crippen MR) is 101 cm³/mol. The largest absolute Gasteiger partial charge is 0.497 e. The molecule has 2 rings (SSSR count). The van der Waals surface area contributed by atoms with E-state index in [0.29, 0.717) is 6.04 Å². The number of methoxy groups -OCH3 is 1. The molecule has 0 aliphatic heterocycles. The maximum absolute atomic E-state index is 5.40. The molecule has 0 spiro atoms. The topological polar surface area (TPSA) is 48.9 Å². The van der Waals surface area contributed by atoms with Gasteiger partial charge in [0.15, 0.2) is 5.96 Å². The highest BCUT2D eigenvalue weighted by Crippen LogP contribution is 2.29. The van der Waals surface area contributed by atoms with Gasteiger partial charge in [-0.15, -0.1) is 0 Å². The summed E-state index contributed by atoms with van der Waals surface area (Å²) in [6, 6.07) is 9.20. The number of benzene rings is 1. The summed E-state index contributed by atoms with van der Waals surface area (Å²) < 4.78 is 5.40. The van der Waals surface area contributed by atoms with Crippen LogP contribution in [0, 0.1) is 5.92 Å². The highest BCUT2D eigenvalue weighted by Gasteiger charge is 2.33. The van der Waals surface area contributed by atoms with Crippen molar-refractivity contribution >= 4 is 5.96 Å². The number of guanidine groups is 1. The first-order chi connectivity index (χ1) is 11.6. The van der Waals surface area contributed by atoms with Gasteiger partial charge in [0.2, 0.25) is 0 Å². The van der Waals surface area contributed by atoms with Crippen LogP contribution in [0.3, 0.4) is 0 Å². The molecule has 3 unspecified atom stereocenters. The van der Waals surface area contributed by atoms with Gasteiger partial charge in [-0.25, -0.2) is 0 Å². The number of nitrogens with zero attached hydrogens (tertiary/aromatic N) is 2. The van der Waals surface area contributed by atoms with E-state index < -0.39 is 0 Å². The Morgan fingerprint density at radius 3 is 2.62 bits per heavy atom. The van der Waals surface area contributed by atoms with E-state index in [-0.39, 0.29) is 6.04 Å². The Bertz CT molecular complexity index is 542. The van der Waals surface area contributed by atoms with E-state index in [1.807, 2.05) is 13.1 Å². The van der Waals surface area contributed by atoms with Crippen LogP contribution in [-0.2, 0) is 0 Å². The Kier molecular flexibility index (Phi) is 6.91. The molecule has 0 heterocycles. The molecule has 0 amide bonds. The number of nitrogens with one attached hydrogen (secondary N) is 2. The van der Waals surface area contributed by atoms with E-state index in [0.717, 1.165) is 37.3 Å². The fourth-order valence-electron chi connectivity index (χ4n) is 3.06. The maximum Gasteiger partial charge on any atom is 0.191 e. The summed E-state index contributed by atoms with van der Waals surface area (Å²) in [4.78, 5) is 6.82. The normalized spacial score (nSPS) is 21.5.